The highest BCUT2D eigenvalue weighted by molar-refractivity contribution is 5.76. The second-order valence-electron chi connectivity index (χ2n) is 3.93. The number of hydrogen-bond donors (Lipinski definition) is 1. The Bertz CT molecular complexity index is 521. The number of fused-ring (bicyclic) bond motifs is 3. The fourth-order valence-corrected chi connectivity index (χ4v) is 2.16. The maximum Gasteiger partial charge on any atom is 0.151 e. The van der Waals surface area contributed by atoms with Gasteiger partial charge in [-0.3, -0.25) is 0 Å². The number of benzene rings is 1. The zero-order chi connectivity index (χ0) is 10.4. The van der Waals surface area contributed by atoms with Crippen molar-refractivity contribution in [3.8, 4) is 0 Å². The third-order valence-electron chi connectivity index (χ3n) is 2.91. The van der Waals surface area contributed by atoms with Gasteiger partial charge in [-0.05, 0) is 18.6 Å². The third kappa shape index (κ3) is 1.25. The molecule has 3 rings (SSSR count). The topological polar surface area (TPSA) is 38.0 Å². The Morgan fingerprint density at radius 3 is 3.20 bits per heavy atom. The van der Waals surface area contributed by atoms with Gasteiger partial charge in [-0.25, -0.2) is 9.37 Å². The lowest BCUT2D eigenvalue weighted by Crippen LogP contribution is -2.23. The summed E-state index contributed by atoms with van der Waals surface area (Å²) in [5, 5.41) is 9.50. The molecule has 15 heavy (non-hydrogen) atoms. The Hall–Kier alpha value is -1.42. The van der Waals surface area contributed by atoms with Gasteiger partial charge in [0.05, 0.1) is 11.6 Å². The van der Waals surface area contributed by atoms with Crippen molar-refractivity contribution in [2.24, 2.45) is 0 Å². The second-order valence-corrected chi connectivity index (χ2v) is 3.93. The molecule has 1 unspecified atom stereocenters. The number of hydrogen-bond acceptors (Lipinski definition) is 2. The molecule has 0 spiro atoms. The molecule has 78 valence electrons. The van der Waals surface area contributed by atoms with E-state index in [1.165, 1.54) is 6.07 Å². The summed E-state index contributed by atoms with van der Waals surface area (Å²) in [6, 6.07) is 4.97. The van der Waals surface area contributed by atoms with Crippen LogP contribution in [0, 0.1) is 5.82 Å². The van der Waals surface area contributed by atoms with E-state index in [1.807, 2.05) is 10.6 Å². The van der Waals surface area contributed by atoms with Crippen LogP contribution in [0.25, 0.3) is 11.0 Å². The van der Waals surface area contributed by atoms with Crippen LogP contribution in [-0.4, -0.2) is 20.8 Å². The van der Waals surface area contributed by atoms with E-state index in [0.717, 1.165) is 24.3 Å². The van der Waals surface area contributed by atoms with Gasteiger partial charge in [-0.1, -0.05) is 6.07 Å². The summed E-state index contributed by atoms with van der Waals surface area (Å²) < 4.78 is 15.4. The molecule has 0 bridgehead atoms. The summed E-state index contributed by atoms with van der Waals surface area (Å²) in [7, 11) is 0. The van der Waals surface area contributed by atoms with Gasteiger partial charge in [0, 0.05) is 13.0 Å². The van der Waals surface area contributed by atoms with Crippen LogP contribution in [0.15, 0.2) is 18.2 Å². The largest absolute Gasteiger partial charge is 0.393 e. The van der Waals surface area contributed by atoms with Crippen LogP contribution in [-0.2, 0) is 13.0 Å². The predicted octanol–water partition coefficient (Wildman–Crippen LogP) is 1.48. The number of para-hydroxylation sites is 1. The number of halogens is 1. The summed E-state index contributed by atoms with van der Waals surface area (Å²) >= 11 is 0. The molecule has 1 N–H and O–H groups in total. The highest BCUT2D eigenvalue weighted by atomic mass is 19.1. The smallest absolute Gasteiger partial charge is 0.151 e. The molecule has 0 amide bonds. The van der Waals surface area contributed by atoms with Gasteiger partial charge in [-0.15, -0.1) is 0 Å². The highest BCUT2D eigenvalue weighted by Gasteiger charge is 2.21. The van der Waals surface area contributed by atoms with Crippen molar-refractivity contribution >= 4 is 11.0 Å². The number of rotatable bonds is 0. The Labute approximate surface area is 86.2 Å². The van der Waals surface area contributed by atoms with E-state index in [-0.39, 0.29) is 11.9 Å². The van der Waals surface area contributed by atoms with E-state index in [2.05, 4.69) is 4.98 Å². The van der Waals surface area contributed by atoms with Crippen LogP contribution < -0.4 is 0 Å². The summed E-state index contributed by atoms with van der Waals surface area (Å²) in [6.07, 6.45) is 0.903. The minimum absolute atomic E-state index is 0.288. The summed E-state index contributed by atoms with van der Waals surface area (Å²) in [5.74, 6) is 0.498. The zero-order valence-electron chi connectivity index (χ0n) is 8.15. The second kappa shape index (κ2) is 3.03. The van der Waals surface area contributed by atoms with E-state index >= 15 is 0 Å². The molecule has 0 radical (unpaired) electrons. The van der Waals surface area contributed by atoms with Crippen molar-refractivity contribution < 1.29 is 9.50 Å². The first kappa shape index (κ1) is 8.85. The summed E-state index contributed by atoms with van der Waals surface area (Å²) in [4.78, 5) is 4.23. The molecule has 1 aliphatic heterocycles. The molecule has 0 aliphatic carbocycles. The van der Waals surface area contributed by atoms with Gasteiger partial charge in [-0.2, -0.15) is 0 Å². The number of aliphatic hydroxyl groups is 1. The van der Waals surface area contributed by atoms with Gasteiger partial charge in [0.25, 0.3) is 0 Å². The molecule has 2 heterocycles. The van der Waals surface area contributed by atoms with E-state index in [4.69, 9.17) is 0 Å². The van der Waals surface area contributed by atoms with E-state index in [9.17, 15) is 9.50 Å². The molecule has 0 fully saturated rings. The van der Waals surface area contributed by atoms with Crippen molar-refractivity contribution in [1.82, 2.24) is 9.55 Å². The maximum absolute atomic E-state index is 13.4. The molecule has 1 aromatic carbocycles. The van der Waals surface area contributed by atoms with Crippen LogP contribution in [0.3, 0.4) is 0 Å². The van der Waals surface area contributed by atoms with Crippen LogP contribution in [0.2, 0.25) is 0 Å². The van der Waals surface area contributed by atoms with Crippen LogP contribution in [0.4, 0.5) is 4.39 Å². The molecule has 3 nitrogen and oxygen atoms in total. The quantitative estimate of drug-likeness (QED) is 0.709. The number of nitrogens with zero attached hydrogens (tertiary/aromatic N) is 2. The van der Waals surface area contributed by atoms with Crippen molar-refractivity contribution in [2.45, 2.75) is 25.5 Å². The lowest BCUT2D eigenvalue weighted by Gasteiger charge is -2.19. The monoisotopic (exact) mass is 206 g/mol. The Morgan fingerprint density at radius 2 is 2.33 bits per heavy atom. The first-order valence-corrected chi connectivity index (χ1v) is 5.07. The van der Waals surface area contributed by atoms with Gasteiger partial charge >= 0.3 is 0 Å². The van der Waals surface area contributed by atoms with Crippen molar-refractivity contribution in [3.05, 3.63) is 29.8 Å². The van der Waals surface area contributed by atoms with Crippen molar-refractivity contribution in [3.63, 3.8) is 0 Å². The minimum atomic E-state index is -0.336. The predicted molar refractivity (Wildman–Crippen MR) is 54.0 cm³/mol. The van der Waals surface area contributed by atoms with Crippen molar-refractivity contribution in [2.75, 3.05) is 0 Å². The standard InChI is InChI=1S/C11H11FN2O/c12-8-2-1-3-9-11(8)13-10-6-7(15)4-5-14(9)10/h1-3,7,15H,4-6H2. The molecule has 0 saturated carbocycles. The molecule has 1 atom stereocenters. The number of aromatic nitrogens is 2. The SMILES string of the molecule is OC1CCn2c(nc3c(F)cccc32)C1. The summed E-state index contributed by atoms with van der Waals surface area (Å²) in [6.45, 7) is 0.719. The normalized spacial score (nSPS) is 20.5. The number of aryl methyl sites for hydroxylation is 1. The van der Waals surface area contributed by atoms with E-state index in [0.29, 0.717) is 11.9 Å². The molecule has 2 aromatic rings. The number of aliphatic hydroxyl groups excluding tert-OH is 1. The average Bonchev–Trinajstić information content (AvgIpc) is 2.57. The maximum atomic E-state index is 13.4. The first-order chi connectivity index (χ1) is 7.25. The van der Waals surface area contributed by atoms with Crippen LogP contribution in [0.5, 0.6) is 0 Å². The van der Waals surface area contributed by atoms with Crippen LogP contribution in [0.1, 0.15) is 12.2 Å². The Balaban J connectivity index is 2.27. The van der Waals surface area contributed by atoms with Gasteiger partial charge in [0.1, 0.15) is 11.3 Å². The zero-order valence-corrected chi connectivity index (χ0v) is 8.15. The van der Waals surface area contributed by atoms with Gasteiger partial charge in [0.2, 0.25) is 0 Å². The third-order valence-corrected chi connectivity index (χ3v) is 2.91. The first-order valence-electron chi connectivity index (χ1n) is 5.07. The lowest BCUT2D eigenvalue weighted by atomic mass is 10.1. The van der Waals surface area contributed by atoms with Crippen molar-refractivity contribution in [1.29, 1.82) is 0 Å². The fraction of sp³-hybridized carbons (Fsp3) is 0.364. The highest BCUT2D eigenvalue weighted by Crippen LogP contribution is 2.23. The van der Waals surface area contributed by atoms with E-state index in [1.54, 1.807) is 6.07 Å². The number of imidazole rings is 1. The fourth-order valence-electron chi connectivity index (χ4n) is 2.16. The average molecular weight is 206 g/mol. The van der Waals surface area contributed by atoms with Gasteiger partial charge in [0.15, 0.2) is 5.82 Å². The lowest BCUT2D eigenvalue weighted by molar-refractivity contribution is 0.142. The minimum Gasteiger partial charge on any atom is -0.393 e. The van der Waals surface area contributed by atoms with Crippen LogP contribution >= 0.6 is 0 Å². The Kier molecular flexibility index (Phi) is 1.79. The van der Waals surface area contributed by atoms with E-state index < -0.39 is 0 Å². The Morgan fingerprint density at radius 1 is 1.47 bits per heavy atom. The summed E-state index contributed by atoms with van der Waals surface area (Å²) in [5.41, 5.74) is 1.25. The molecular formula is C11H11FN2O. The van der Waals surface area contributed by atoms with Gasteiger partial charge < -0.3 is 9.67 Å². The molecule has 4 heteroatoms. The molecule has 1 aliphatic rings. The molecule has 1 aromatic heterocycles. The molecular weight excluding hydrogens is 195 g/mol. The molecule has 0 saturated heterocycles.